The first-order valence-electron chi connectivity index (χ1n) is 4.65. The van der Waals surface area contributed by atoms with Gasteiger partial charge in [0.05, 0.1) is 11.4 Å². The summed E-state index contributed by atoms with van der Waals surface area (Å²) in [6.07, 6.45) is 1.08. The molecule has 0 fully saturated rings. The van der Waals surface area contributed by atoms with E-state index in [-0.39, 0.29) is 0 Å². The molecule has 72 valence electrons. The van der Waals surface area contributed by atoms with Crippen molar-refractivity contribution in [2.24, 2.45) is 0 Å². The molecule has 13 heavy (non-hydrogen) atoms. The van der Waals surface area contributed by atoms with Gasteiger partial charge in [-0.15, -0.1) is 0 Å². The van der Waals surface area contributed by atoms with Gasteiger partial charge in [0.25, 0.3) is 0 Å². The van der Waals surface area contributed by atoms with Crippen molar-refractivity contribution in [2.45, 2.75) is 19.9 Å². The summed E-state index contributed by atoms with van der Waals surface area (Å²) in [5.41, 5.74) is 2.57. The van der Waals surface area contributed by atoms with E-state index in [4.69, 9.17) is 0 Å². The van der Waals surface area contributed by atoms with Gasteiger partial charge in [-0.25, -0.2) is 9.66 Å². The van der Waals surface area contributed by atoms with Crippen LogP contribution in [0, 0.1) is 6.92 Å². The van der Waals surface area contributed by atoms with Crippen molar-refractivity contribution in [1.29, 1.82) is 0 Å². The number of aryl methyl sites for hydroxylation is 1. The van der Waals surface area contributed by atoms with Gasteiger partial charge in [0.1, 0.15) is 5.82 Å². The second-order valence-electron chi connectivity index (χ2n) is 3.64. The minimum atomic E-state index is 0.914. The van der Waals surface area contributed by atoms with Gasteiger partial charge in [0.15, 0.2) is 0 Å². The Hall–Kier alpha value is -1.03. The van der Waals surface area contributed by atoms with E-state index in [1.807, 2.05) is 0 Å². The smallest absolute Gasteiger partial charge is 0.125 e. The van der Waals surface area contributed by atoms with Gasteiger partial charge in [0.2, 0.25) is 0 Å². The monoisotopic (exact) mass is 180 g/mol. The Morgan fingerprint density at radius 2 is 2.23 bits per heavy atom. The van der Waals surface area contributed by atoms with Crippen LogP contribution in [0.15, 0.2) is 0 Å². The molecule has 0 atom stereocenters. The van der Waals surface area contributed by atoms with Crippen LogP contribution in [0.25, 0.3) is 0 Å². The van der Waals surface area contributed by atoms with Gasteiger partial charge in [-0.05, 0) is 6.92 Å². The number of nitrogens with one attached hydrogen (secondary N) is 1. The van der Waals surface area contributed by atoms with Crippen molar-refractivity contribution in [3.63, 3.8) is 0 Å². The number of hydrogen-bond donors (Lipinski definition) is 1. The fourth-order valence-corrected chi connectivity index (χ4v) is 1.96. The summed E-state index contributed by atoms with van der Waals surface area (Å²) in [7, 11) is 4.11. The first kappa shape index (κ1) is 8.56. The summed E-state index contributed by atoms with van der Waals surface area (Å²) in [6, 6.07) is 0. The van der Waals surface area contributed by atoms with Gasteiger partial charge in [-0.1, -0.05) is 0 Å². The molecule has 2 rings (SSSR count). The lowest BCUT2D eigenvalue weighted by atomic mass is 10.2. The third kappa shape index (κ3) is 1.31. The molecule has 0 radical (unpaired) electrons. The maximum atomic E-state index is 4.53. The second kappa shape index (κ2) is 3.03. The Balaban J connectivity index is 2.48. The number of rotatable bonds is 1. The highest BCUT2D eigenvalue weighted by Crippen LogP contribution is 2.14. The lowest BCUT2D eigenvalue weighted by Gasteiger charge is -2.21. The lowest BCUT2D eigenvalue weighted by Crippen LogP contribution is -2.32. The minimum absolute atomic E-state index is 0.914. The van der Waals surface area contributed by atoms with Crippen LogP contribution in [0.1, 0.15) is 17.2 Å². The van der Waals surface area contributed by atoms with Gasteiger partial charge >= 0.3 is 0 Å². The molecule has 0 unspecified atom stereocenters. The third-order valence-corrected chi connectivity index (χ3v) is 2.42. The fourth-order valence-electron chi connectivity index (χ4n) is 1.96. The molecule has 0 aromatic carbocycles. The van der Waals surface area contributed by atoms with Crippen molar-refractivity contribution in [3.8, 4) is 0 Å². The van der Waals surface area contributed by atoms with E-state index < -0.39 is 0 Å². The van der Waals surface area contributed by atoms with Gasteiger partial charge < -0.3 is 10.3 Å². The highest BCUT2D eigenvalue weighted by Gasteiger charge is 2.18. The molecule has 1 aromatic heterocycles. The predicted molar refractivity (Wildman–Crippen MR) is 52.4 cm³/mol. The Labute approximate surface area is 78.5 Å². The highest BCUT2D eigenvalue weighted by atomic mass is 15.5. The van der Waals surface area contributed by atoms with Gasteiger partial charge in [0, 0.05) is 33.6 Å². The number of nitrogens with zero attached hydrogens (tertiary/aromatic N) is 3. The number of hydrogen-bond acceptors (Lipinski definition) is 3. The van der Waals surface area contributed by atoms with Crippen LogP contribution in [0.5, 0.6) is 0 Å². The van der Waals surface area contributed by atoms with Crippen LogP contribution in [0.3, 0.4) is 0 Å². The van der Waals surface area contributed by atoms with Crippen LogP contribution in [0.2, 0.25) is 0 Å². The molecule has 0 saturated carbocycles. The van der Waals surface area contributed by atoms with E-state index in [0.29, 0.717) is 0 Å². The average Bonchev–Trinajstić information content (AvgIpc) is 2.39. The van der Waals surface area contributed by atoms with E-state index in [1.165, 1.54) is 11.4 Å². The Kier molecular flexibility index (Phi) is 2.00. The van der Waals surface area contributed by atoms with Crippen LogP contribution in [-0.2, 0) is 13.0 Å². The largest absolute Gasteiger partial charge is 0.317 e. The quantitative estimate of drug-likeness (QED) is 0.662. The maximum Gasteiger partial charge on any atom is 0.125 e. The Morgan fingerprint density at radius 3 is 2.92 bits per heavy atom. The molecule has 0 spiro atoms. The van der Waals surface area contributed by atoms with Crippen LogP contribution in [-0.4, -0.2) is 30.3 Å². The molecule has 4 heteroatoms. The molecule has 0 saturated heterocycles. The molecular formula is C9H16N4. The number of imidazole rings is 1. The summed E-state index contributed by atoms with van der Waals surface area (Å²) in [5.74, 6) is 1.08. The molecule has 1 aliphatic rings. The number of fused-ring (bicyclic) bond motifs is 1. The summed E-state index contributed by atoms with van der Waals surface area (Å²) < 4.78 is 2.19. The molecule has 1 aliphatic heterocycles. The van der Waals surface area contributed by atoms with Crippen molar-refractivity contribution >= 4 is 0 Å². The summed E-state index contributed by atoms with van der Waals surface area (Å²) in [6.45, 7) is 4.03. The highest BCUT2D eigenvalue weighted by molar-refractivity contribution is 5.21. The zero-order valence-corrected chi connectivity index (χ0v) is 8.46. The van der Waals surface area contributed by atoms with E-state index in [0.717, 1.165) is 25.3 Å². The second-order valence-corrected chi connectivity index (χ2v) is 3.64. The van der Waals surface area contributed by atoms with E-state index in [9.17, 15) is 0 Å². The van der Waals surface area contributed by atoms with Crippen LogP contribution < -0.4 is 10.3 Å². The topological polar surface area (TPSA) is 33.1 Å². The van der Waals surface area contributed by atoms with Crippen LogP contribution in [0.4, 0.5) is 0 Å². The predicted octanol–water partition coefficient (Wildman–Crippen LogP) is 0.0348. The first-order valence-corrected chi connectivity index (χ1v) is 4.65. The molecule has 4 nitrogen and oxygen atoms in total. The normalized spacial score (nSPS) is 15.6. The molecule has 0 aliphatic carbocycles. The van der Waals surface area contributed by atoms with Gasteiger partial charge in [-0.3, -0.25) is 0 Å². The van der Waals surface area contributed by atoms with Crippen LogP contribution >= 0.6 is 0 Å². The zero-order valence-electron chi connectivity index (χ0n) is 8.46. The van der Waals surface area contributed by atoms with E-state index >= 15 is 0 Å². The average molecular weight is 180 g/mol. The van der Waals surface area contributed by atoms with E-state index in [1.54, 1.807) is 0 Å². The molecule has 1 aromatic rings. The summed E-state index contributed by atoms with van der Waals surface area (Å²) in [4.78, 5) is 4.53. The summed E-state index contributed by atoms with van der Waals surface area (Å²) in [5, 5.41) is 5.42. The Morgan fingerprint density at radius 1 is 1.46 bits per heavy atom. The molecule has 0 bridgehead atoms. The van der Waals surface area contributed by atoms with Crippen molar-refractivity contribution < 1.29 is 0 Å². The zero-order chi connectivity index (χ0) is 9.42. The van der Waals surface area contributed by atoms with Crippen molar-refractivity contribution in [3.05, 3.63) is 17.2 Å². The van der Waals surface area contributed by atoms with Gasteiger partial charge in [-0.2, -0.15) is 0 Å². The Bertz CT molecular complexity index is 314. The fraction of sp³-hybridized carbons (Fsp3) is 0.667. The number of aromatic nitrogens is 2. The molecule has 0 amide bonds. The van der Waals surface area contributed by atoms with E-state index in [2.05, 4.69) is 41.0 Å². The standard InChI is InChI=1S/C9H16N4/c1-7-11-8-6-10-5-4-9(8)13(7)12(2)3/h10H,4-6H2,1-3H3. The van der Waals surface area contributed by atoms with Crippen molar-refractivity contribution in [1.82, 2.24) is 15.0 Å². The molecular weight excluding hydrogens is 164 g/mol. The van der Waals surface area contributed by atoms with Crippen molar-refractivity contribution in [2.75, 3.05) is 25.6 Å². The lowest BCUT2D eigenvalue weighted by molar-refractivity contribution is 0.589. The summed E-state index contributed by atoms with van der Waals surface area (Å²) >= 11 is 0. The molecule has 2 heterocycles. The SMILES string of the molecule is Cc1nc2c(n1N(C)C)CCNC2. The maximum absolute atomic E-state index is 4.53. The minimum Gasteiger partial charge on any atom is -0.317 e. The molecule has 1 N–H and O–H groups in total. The third-order valence-electron chi connectivity index (χ3n) is 2.42. The first-order chi connectivity index (χ1) is 6.20.